The number of fused-ring (bicyclic) bond motifs is 1. The lowest BCUT2D eigenvalue weighted by atomic mass is 10.0. The Morgan fingerprint density at radius 3 is 2.80 bits per heavy atom. The third-order valence-corrected chi connectivity index (χ3v) is 3.18. The Morgan fingerprint density at radius 1 is 1.15 bits per heavy atom. The number of nitrogens with zero attached hydrogens (tertiary/aromatic N) is 1. The molecule has 1 aromatic heterocycles. The van der Waals surface area contributed by atoms with Gasteiger partial charge < -0.3 is 10.2 Å². The van der Waals surface area contributed by atoms with Gasteiger partial charge in [0, 0.05) is 5.39 Å². The molecule has 0 aliphatic carbocycles. The van der Waals surface area contributed by atoms with E-state index < -0.39 is 6.04 Å². The summed E-state index contributed by atoms with van der Waals surface area (Å²) in [5.74, 6) is 0.227. The summed E-state index contributed by atoms with van der Waals surface area (Å²) in [6.07, 6.45) is 0. The van der Waals surface area contributed by atoms with E-state index in [1.54, 1.807) is 30.3 Å². The van der Waals surface area contributed by atoms with Crippen LogP contribution in [0.3, 0.4) is 0 Å². The Kier molecular flexibility index (Phi) is 2.97. The van der Waals surface area contributed by atoms with Gasteiger partial charge in [-0.15, -0.1) is 0 Å². The summed E-state index contributed by atoms with van der Waals surface area (Å²) in [7, 11) is 0. The second-order valence-corrected chi connectivity index (χ2v) is 4.55. The Morgan fingerprint density at radius 2 is 2.00 bits per heavy atom. The fraction of sp³-hybridized carbons (Fsp3) is 0.0625. The van der Waals surface area contributed by atoms with Gasteiger partial charge >= 0.3 is 0 Å². The predicted molar refractivity (Wildman–Crippen MR) is 73.4 cm³/mol. The van der Waals surface area contributed by atoms with Gasteiger partial charge in [0.25, 0.3) is 0 Å². The van der Waals surface area contributed by atoms with Crippen LogP contribution in [-0.2, 0) is 0 Å². The second-order valence-electron chi connectivity index (χ2n) is 4.55. The molecule has 3 aromatic rings. The third-order valence-electron chi connectivity index (χ3n) is 3.18. The Hall–Kier alpha value is -2.64. The number of hydrogen-bond donors (Lipinski definition) is 1. The van der Waals surface area contributed by atoms with Gasteiger partial charge in [-0.05, 0) is 42.0 Å². The highest BCUT2D eigenvalue weighted by molar-refractivity contribution is 5.78. The van der Waals surface area contributed by atoms with Crippen LogP contribution < -0.4 is 5.73 Å². The van der Waals surface area contributed by atoms with Crippen molar-refractivity contribution in [2.24, 2.45) is 5.73 Å². The zero-order valence-electron chi connectivity index (χ0n) is 10.5. The Labute approximate surface area is 115 Å². The maximum atomic E-state index is 13.2. The molecular weight excluding hydrogens is 255 g/mol. The smallest absolute Gasteiger partial charge is 0.134 e. The number of benzene rings is 2. The molecule has 0 saturated carbocycles. The van der Waals surface area contributed by atoms with Crippen molar-refractivity contribution >= 4 is 11.0 Å². The largest absolute Gasteiger partial charge is 0.459 e. The van der Waals surface area contributed by atoms with Crippen LogP contribution in [0.15, 0.2) is 52.9 Å². The standard InChI is InChI=1S/C16H11FN2O/c17-13-4-5-14-12(7-13)8-15(20-14)16(19)11-3-1-2-10(6-11)9-18/h1-8,16H,19H2. The number of nitrogens with two attached hydrogens (primary N) is 1. The van der Waals surface area contributed by atoms with Crippen molar-refractivity contribution in [3.05, 3.63) is 71.2 Å². The van der Waals surface area contributed by atoms with E-state index >= 15 is 0 Å². The summed E-state index contributed by atoms with van der Waals surface area (Å²) in [5, 5.41) is 9.58. The first kappa shape index (κ1) is 12.4. The summed E-state index contributed by atoms with van der Waals surface area (Å²) >= 11 is 0. The molecule has 3 rings (SSSR count). The van der Waals surface area contributed by atoms with E-state index in [1.165, 1.54) is 12.1 Å². The number of rotatable bonds is 2. The first-order chi connectivity index (χ1) is 9.67. The predicted octanol–water partition coefficient (Wildman–Crippen LogP) is 3.49. The van der Waals surface area contributed by atoms with E-state index in [9.17, 15) is 4.39 Å². The molecule has 1 heterocycles. The van der Waals surface area contributed by atoms with E-state index in [2.05, 4.69) is 6.07 Å². The second kappa shape index (κ2) is 4.80. The van der Waals surface area contributed by atoms with Crippen LogP contribution in [-0.4, -0.2) is 0 Å². The summed E-state index contributed by atoms with van der Waals surface area (Å²) in [5.41, 5.74) is 8.06. The van der Waals surface area contributed by atoms with Crippen molar-refractivity contribution in [1.82, 2.24) is 0 Å². The average Bonchev–Trinajstić information content (AvgIpc) is 2.89. The minimum Gasteiger partial charge on any atom is -0.459 e. The van der Waals surface area contributed by atoms with Crippen LogP contribution in [0.1, 0.15) is 22.9 Å². The minimum atomic E-state index is -0.487. The number of furan rings is 1. The lowest BCUT2D eigenvalue weighted by molar-refractivity contribution is 0.524. The van der Waals surface area contributed by atoms with Crippen molar-refractivity contribution in [3.63, 3.8) is 0 Å². The summed E-state index contributed by atoms with van der Waals surface area (Å²) in [4.78, 5) is 0. The van der Waals surface area contributed by atoms with Crippen molar-refractivity contribution in [2.45, 2.75) is 6.04 Å². The minimum absolute atomic E-state index is 0.315. The maximum Gasteiger partial charge on any atom is 0.134 e. The molecule has 0 amide bonds. The first-order valence-electron chi connectivity index (χ1n) is 6.12. The van der Waals surface area contributed by atoms with Gasteiger partial charge in [0.1, 0.15) is 17.2 Å². The van der Waals surface area contributed by atoms with Crippen LogP contribution >= 0.6 is 0 Å². The highest BCUT2D eigenvalue weighted by atomic mass is 19.1. The number of halogens is 1. The van der Waals surface area contributed by atoms with Crippen LogP contribution in [0, 0.1) is 17.1 Å². The van der Waals surface area contributed by atoms with E-state index in [4.69, 9.17) is 15.4 Å². The molecule has 1 atom stereocenters. The van der Waals surface area contributed by atoms with Crippen LogP contribution in [0.25, 0.3) is 11.0 Å². The lowest BCUT2D eigenvalue weighted by Gasteiger charge is -2.08. The SMILES string of the molecule is N#Cc1cccc(C(N)c2cc3cc(F)ccc3o2)c1. The maximum absolute atomic E-state index is 13.2. The monoisotopic (exact) mass is 266 g/mol. The molecule has 3 nitrogen and oxygen atoms in total. The van der Waals surface area contributed by atoms with Crippen LogP contribution in [0.2, 0.25) is 0 Å². The summed E-state index contributed by atoms with van der Waals surface area (Å²) in [6.45, 7) is 0. The number of nitriles is 1. The molecule has 0 aliphatic heterocycles. The summed E-state index contributed by atoms with van der Waals surface area (Å²) in [6, 6.07) is 14.7. The molecule has 0 saturated heterocycles. The van der Waals surface area contributed by atoms with E-state index in [-0.39, 0.29) is 5.82 Å². The van der Waals surface area contributed by atoms with Crippen molar-refractivity contribution in [3.8, 4) is 6.07 Å². The van der Waals surface area contributed by atoms with Crippen LogP contribution in [0.4, 0.5) is 4.39 Å². The van der Waals surface area contributed by atoms with Crippen LogP contribution in [0.5, 0.6) is 0 Å². The molecule has 1 unspecified atom stereocenters. The van der Waals surface area contributed by atoms with Crippen molar-refractivity contribution in [2.75, 3.05) is 0 Å². The molecule has 20 heavy (non-hydrogen) atoms. The third kappa shape index (κ3) is 2.15. The van der Waals surface area contributed by atoms with Gasteiger partial charge in [0.2, 0.25) is 0 Å². The molecular formula is C16H11FN2O. The highest BCUT2D eigenvalue weighted by Crippen LogP contribution is 2.27. The zero-order chi connectivity index (χ0) is 14.1. The highest BCUT2D eigenvalue weighted by Gasteiger charge is 2.15. The van der Waals surface area contributed by atoms with Gasteiger partial charge in [0.15, 0.2) is 0 Å². The van der Waals surface area contributed by atoms with E-state index in [1.807, 2.05) is 6.07 Å². The molecule has 4 heteroatoms. The molecule has 0 fully saturated rings. The van der Waals surface area contributed by atoms with E-state index in [0.717, 1.165) is 5.56 Å². The topological polar surface area (TPSA) is 63.0 Å². The molecule has 0 aliphatic rings. The van der Waals surface area contributed by atoms with Gasteiger partial charge in [-0.1, -0.05) is 12.1 Å². The van der Waals surface area contributed by atoms with E-state index in [0.29, 0.717) is 22.3 Å². The fourth-order valence-electron chi connectivity index (χ4n) is 2.15. The van der Waals surface area contributed by atoms with Gasteiger partial charge in [-0.3, -0.25) is 0 Å². The molecule has 2 N–H and O–H groups in total. The quantitative estimate of drug-likeness (QED) is 0.772. The average molecular weight is 266 g/mol. The van der Waals surface area contributed by atoms with Crippen molar-refractivity contribution in [1.29, 1.82) is 5.26 Å². The Balaban J connectivity index is 2.03. The molecule has 2 aromatic carbocycles. The van der Waals surface area contributed by atoms with Gasteiger partial charge in [-0.2, -0.15) is 5.26 Å². The zero-order valence-corrected chi connectivity index (χ0v) is 10.5. The number of hydrogen-bond acceptors (Lipinski definition) is 3. The van der Waals surface area contributed by atoms with Gasteiger partial charge in [-0.25, -0.2) is 4.39 Å². The molecule has 98 valence electrons. The van der Waals surface area contributed by atoms with Gasteiger partial charge in [0.05, 0.1) is 17.7 Å². The normalized spacial score (nSPS) is 12.2. The lowest BCUT2D eigenvalue weighted by Crippen LogP contribution is -2.10. The Bertz CT molecular complexity index is 817. The van der Waals surface area contributed by atoms with Crippen molar-refractivity contribution < 1.29 is 8.81 Å². The fourth-order valence-corrected chi connectivity index (χ4v) is 2.15. The molecule has 0 spiro atoms. The first-order valence-corrected chi connectivity index (χ1v) is 6.12. The molecule has 0 radical (unpaired) electrons. The summed E-state index contributed by atoms with van der Waals surface area (Å²) < 4.78 is 18.8. The molecule has 0 bridgehead atoms.